The Morgan fingerprint density at radius 3 is 2.89 bits per heavy atom. The molecule has 0 unspecified atom stereocenters. The van der Waals surface area contributed by atoms with Gasteiger partial charge in [-0.2, -0.15) is 0 Å². The highest BCUT2D eigenvalue weighted by Crippen LogP contribution is 2.26. The van der Waals surface area contributed by atoms with Crippen molar-refractivity contribution in [1.29, 1.82) is 0 Å². The molecule has 19 heavy (non-hydrogen) atoms. The molecule has 6 nitrogen and oxygen atoms in total. The molecule has 0 radical (unpaired) electrons. The lowest BCUT2D eigenvalue weighted by Gasteiger charge is -2.00. The third-order valence-corrected chi connectivity index (χ3v) is 2.82. The fraction of sp³-hybridized carbons (Fsp3) is 0.308. The Kier molecular flexibility index (Phi) is 3.91. The molecule has 0 fully saturated rings. The monoisotopic (exact) mass is 261 g/mol. The van der Waals surface area contributed by atoms with Gasteiger partial charge in [0.1, 0.15) is 0 Å². The van der Waals surface area contributed by atoms with Gasteiger partial charge in [0.2, 0.25) is 0 Å². The Bertz CT molecular complexity index is 593. The summed E-state index contributed by atoms with van der Waals surface area (Å²) in [5, 5.41) is 13.8. The van der Waals surface area contributed by atoms with Crippen LogP contribution in [0.1, 0.15) is 11.5 Å². The first-order chi connectivity index (χ1) is 9.11. The van der Waals surface area contributed by atoms with E-state index in [4.69, 9.17) is 4.42 Å². The van der Waals surface area contributed by atoms with Crippen LogP contribution >= 0.6 is 0 Å². The molecular formula is C13H15N3O3. The molecule has 6 heteroatoms. The molecule has 1 N–H and O–H groups in total. The van der Waals surface area contributed by atoms with Crippen molar-refractivity contribution in [2.75, 3.05) is 13.6 Å². The fourth-order valence-corrected chi connectivity index (χ4v) is 1.80. The molecule has 0 amide bonds. The molecule has 0 saturated heterocycles. The molecular weight excluding hydrogens is 246 g/mol. The Balaban J connectivity index is 2.24. The number of rotatable bonds is 5. The Hall–Kier alpha value is -2.21. The molecule has 2 aromatic rings. The number of nitro groups is 1. The van der Waals surface area contributed by atoms with E-state index in [2.05, 4.69) is 10.3 Å². The minimum Gasteiger partial charge on any atom is -0.441 e. The number of nitrogens with one attached hydrogen (secondary N) is 1. The highest BCUT2D eigenvalue weighted by molar-refractivity contribution is 5.61. The lowest BCUT2D eigenvalue weighted by molar-refractivity contribution is -0.385. The van der Waals surface area contributed by atoms with Gasteiger partial charge in [0.25, 0.3) is 5.69 Å². The maximum absolute atomic E-state index is 10.8. The highest BCUT2D eigenvalue weighted by Gasteiger charge is 2.13. The maximum Gasteiger partial charge on any atom is 0.272 e. The summed E-state index contributed by atoms with van der Waals surface area (Å²) < 4.78 is 5.61. The summed E-state index contributed by atoms with van der Waals surface area (Å²) in [6.07, 6.45) is 2.36. The van der Waals surface area contributed by atoms with Crippen LogP contribution in [-0.2, 0) is 6.42 Å². The predicted octanol–water partition coefficient (Wildman–Crippen LogP) is 2.32. The Morgan fingerprint density at radius 1 is 1.47 bits per heavy atom. The number of likely N-dealkylation sites (N-methyl/N-ethyl adjacent to an activating group) is 1. The summed E-state index contributed by atoms with van der Waals surface area (Å²) in [6.45, 7) is 2.50. The molecule has 0 aliphatic heterocycles. The summed E-state index contributed by atoms with van der Waals surface area (Å²) in [4.78, 5) is 14.5. The van der Waals surface area contributed by atoms with Gasteiger partial charge in [0.15, 0.2) is 11.7 Å². The van der Waals surface area contributed by atoms with Gasteiger partial charge in [-0.15, -0.1) is 0 Å². The maximum atomic E-state index is 10.8. The van der Waals surface area contributed by atoms with Gasteiger partial charge in [0, 0.05) is 30.2 Å². The molecule has 0 saturated carbocycles. The fourth-order valence-electron chi connectivity index (χ4n) is 1.80. The molecule has 0 aliphatic carbocycles. The second-order valence-corrected chi connectivity index (χ2v) is 4.23. The number of nitrogens with zero attached hydrogens (tertiary/aromatic N) is 2. The van der Waals surface area contributed by atoms with Crippen LogP contribution in [0.15, 0.2) is 28.8 Å². The summed E-state index contributed by atoms with van der Waals surface area (Å²) in [6, 6.07) is 4.90. The average Bonchev–Trinajstić information content (AvgIpc) is 2.84. The summed E-state index contributed by atoms with van der Waals surface area (Å²) >= 11 is 0. The number of benzene rings is 1. The standard InChI is InChI=1S/C13H15N3O3/c1-9-7-10(3-4-11(9)16(17)18)12-8-15-13(19-12)5-6-14-2/h3-4,7-8,14H,5-6H2,1-2H3. The molecule has 1 heterocycles. The van der Waals surface area contributed by atoms with E-state index in [-0.39, 0.29) is 5.69 Å². The van der Waals surface area contributed by atoms with Crippen molar-refractivity contribution < 1.29 is 9.34 Å². The molecule has 100 valence electrons. The van der Waals surface area contributed by atoms with Gasteiger partial charge in [0.05, 0.1) is 11.1 Å². The highest BCUT2D eigenvalue weighted by atomic mass is 16.6. The number of aryl methyl sites for hydroxylation is 1. The second-order valence-electron chi connectivity index (χ2n) is 4.23. The van der Waals surface area contributed by atoms with Crippen molar-refractivity contribution in [3.63, 3.8) is 0 Å². The number of aromatic nitrogens is 1. The minimum absolute atomic E-state index is 0.110. The first kappa shape index (κ1) is 13.2. The van der Waals surface area contributed by atoms with Crippen LogP contribution in [0.2, 0.25) is 0 Å². The zero-order chi connectivity index (χ0) is 13.8. The molecule has 2 rings (SSSR count). The van der Waals surface area contributed by atoms with Crippen molar-refractivity contribution in [3.8, 4) is 11.3 Å². The lowest BCUT2D eigenvalue weighted by atomic mass is 10.1. The van der Waals surface area contributed by atoms with Crippen LogP contribution in [0.5, 0.6) is 0 Å². The van der Waals surface area contributed by atoms with Gasteiger partial charge in [-0.05, 0) is 26.1 Å². The van der Waals surface area contributed by atoms with Crippen molar-refractivity contribution in [3.05, 3.63) is 46.0 Å². The van der Waals surface area contributed by atoms with E-state index in [1.54, 1.807) is 25.3 Å². The summed E-state index contributed by atoms with van der Waals surface area (Å²) in [7, 11) is 1.86. The molecule has 1 aromatic carbocycles. The van der Waals surface area contributed by atoms with E-state index < -0.39 is 4.92 Å². The van der Waals surface area contributed by atoms with Gasteiger partial charge in [-0.25, -0.2) is 4.98 Å². The lowest BCUT2D eigenvalue weighted by Crippen LogP contribution is -2.10. The second kappa shape index (κ2) is 5.62. The van der Waals surface area contributed by atoms with Crippen LogP contribution in [0, 0.1) is 17.0 Å². The molecule has 0 spiro atoms. The predicted molar refractivity (Wildman–Crippen MR) is 71.0 cm³/mol. The third-order valence-electron chi connectivity index (χ3n) is 2.82. The van der Waals surface area contributed by atoms with E-state index in [9.17, 15) is 10.1 Å². The zero-order valence-electron chi connectivity index (χ0n) is 10.8. The first-order valence-corrected chi connectivity index (χ1v) is 5.96. The normalized spacial score (nSPS) is 10.6. The van der Waals surface area contributed by atoms with E-state index in [1.807, 2.05) is 7.05 Å². The van der Waals surface area contributed by atoms with Crippen LogP contribution < -0.4 is 5.32 Å². The number of oxazole rings is 1. The SMILES string of the molecule is CNCCc1ncc(-c2ccc([N+](=O)[O-])c(C)c2)o1. The smallest absolute Gasteiger partial charge is 0.272 e. The van der Waals surface area contributed by atoms with Crippen molar-refractivity contribution in [1.82, 2.24) is 10.3 Å². The molecule has 1 aromatic heterocycles. The topological polar surface area (TPSA) is 81.2 Å². The molecule has 0 atom stereocenters. The number of hydrogen-bond acceptors (Lipinski definition) is 5. The Labute approximate surface area is 110 Å². The van der Waals surface area contributed by atoms with E-state index in [0.29, 0.717) is 23.6 Å². The summed E-state index contributed by atoms with van der Waals surface area (Å²) in [5.41, 5.74) is 1.51. The van der Waals surface area contributed by atoms with Gasteiger partial charge in [-0.3, -0.25) is 10.1 Å². The van der Waals surface area contributed by atoms with Crippen molar-refractivity contribution >= 4 is 5.69 Å². The van der Waals surface area contributed by atoms with E-state index in [0.717, 1.165) is 12.1 Å². The van der Waals surface area contributed by atoms with Crippen LogP contribution in [-0.4, -0.2) is 23.5 Å². The molecule has 0 aliphatic rings. The van der Waals surface area contributed by atoms with E-state index in [1.165, 1.54) is 6.07 Å². The number of hydrogen-bond donors (Lipinski definition) is 1. The first-order valence-electron chi connectivity index (χ1n) is 5.96. The average molecular weight is 261 g/mol. The van der Waals surface area contributed by atoms with Crippen LogP contribution in [0.3, 0.4) is 0 Å². The summed E-state index contributed by atoms with van der Waals surface area (Å²) in [5.74, 6) is 1.28. The van der Waals surface area contributed by atoms with E-state index >= 15 is 0 Å². The third kappa shape index (κ3) is 2.97. The van der Waals surface area contributed by atoms with Gasteiger partial charge < -0.3 is 9.73 Å². The van der Waals surface area contributed by atoms with Crippen molar-refractivity contribution in [2.45, 2.75) is 13.3 Å². The zero-order valence-corrected chi connectivity index (χ0v) is 10.8. The van der Waals surface area contributed by atoms with Gasteiger partial charge in [-0.1, -0.05) is 0 Å². The largest absolute Gasteiger partial charge is 0.441 e. The quantitative estimate of drug-likeness (QED) is 0.659. The Morgan fingerprint density at radius 2 is 2.26 bits per heavy atom. The van der Waals surface area contributed by atoms with Crippen LogP contribution in [0.4, 0.5) is 5.69 Å². The van der Waals surface area contributed by atoms with Crippen molar-refractivity contribution in [2.24, 2.45) is 0 Å². The van der Waals surface area contributed by atoms with Gasteiger partial charge >= 0.3 is 0 Å². The molecule has 0 bridgehead atoms. The minimum atomic E-state index is -0.391. The number of nitro benzene ring substituents is 1. The van der Waals surface area contributed by atoms with Crippen LogP contribution in [0.25, 0.3) is 11.3 Å².